The summed E-state index contributed by atoms with van der Waals surface area (Å²) in [7, 11) is 0. The highest BCUT2D eigenvalue weighted by atomic mass is 16.7. The first kappa shape index (κ1) is 14.2. The molecule has 3 rings (SSSR count). The molecule has 1 atom stereocenters. The van der Waals surface area contributed by atoms with E-state index in [0.717, 1.165) is 39.1 Å². The van der Waals surface area contributed by atoms with Crippen molar-refractivity contribution in [2.45, 2.75) is 19.8 Å². The Hall–Kier alpha value is -1.75. The number of hydrogen-bond acceptors (Lipinski definition) is 4. The molecule has 1 saturated heterocycles. The maximum absolute atomic E-state index is 12.6. The lowest BCUT2D eigenvalue weighted by Gasteiger charge is -2.32. The predicted molar refractivity (Wildman–Crippen MR) is 77.7 cm³/mol. The molecule has 1 fully saturated rings. The Morgan fingerprint density at radius 2 is 2.24 bits per heavy atom. The summed E-state index contributed by atoms with van der Waals surface area (Å²) in [5, 5.41) is 0. The second kappa shape index (κ2) is 6.35. The summed E-state index contributed by atoms with van der Waals surface area (Å²) >= 11 is 0. The third-order valence-corrected chi connectivity index (χ3v) is 3.98. The molecule has 5 nitrogen and oxygen atoms in total. The molecule has 0 N–H and O–H groups in total. The summed E-state index contributed by atoms with van der Waals surface area (Å²) in [6, 6.07) is 5.38. The van der Waals surface area contributed by atoms with Gasteiger partial charge in [0.1, 0.15) is 0 Å². The Kier molecular flexibility index (Phi) is 4.29. The van der Waals surface area contributed by atoms with Crippen LogP contribution in [-0.2, 0) is 4.74 Å². The Morgan fingerprint density at radius 1 is 1.38 bits per heavy atom. The van der Waals surface area contributed by atoms with E-state index in [1.54, 1.807) is 12.1 Å². The van der Waals surface area contributed by atoms with Gasteiger partial charge >= 0.3 is 0 Å². The van der Waals surface area contributed by atoms with Crippen molar-refractivity contribution < 1.29 is 19.0 Å². The molecular weight excluding hydrogens is 270 g/mol. The molecule has 1 amide bonds. The van der Waals surface area contributed by atoms with E-state index < -0.39 is 0 Å². The van der Waals surface area contributed by atoms with E-state index in [1.165, 1.54) is 0 Å². The van der Waals surface area contributed by atoms with Gasteiger partial charge in [0.15, 0.2) is 11.5 Å². The molecule has 0 radical (unpaired) electrons. The van der Waals surface area contributed by atoms with E-state index >= 15 is 0 Å². The normalized spacial score (nSPS) is 20.6. The van der Waals surface area contributed by atoms with Gasteiger partial charge < -0.3 is 19.1 Å². The van der Waals surface area contributed by atoms with Gasteiger partial charge in [0, 0.05) is 25.3 Å². The second-order valence-corrected chi connectivity index (χ2v) is 5.49. The maximum atomic E-state index is 12.6. The van der Waals surface area contributed by atoms with Crippen molar-refractivity contribution in [1.29, 1.82) is 0 Å². The quantitative estimate of drug-likeness (QED) is 0.854. The van der Waals surface area contributed by atoms with E-state index in [9.17, 15) is 4.79 Å². The van der Waals surface area contributed by atoms with Gasteiger partial charge in [0.05, 0.1) is 6.61 Å². The van der Waals surface area contributed by atoms with Crippen LogP contribution in [0.3, 0.4) is 0 Å². The number of ether oxygens (including phenoxy) is 3. The van der Waals surface area contributed by atoms with Crippen LogP contribution in [0, 0.1) is 5.92 Å². The van der Waals surface area contributed by atoms with Gasteiger partial charge in [-0.05, 0) is 43.9 Å². The van der Waals surface area contributed by atoms with Gasteiger partial charge in [-0.3, -0.25) is 4.79 Å². The lowest BCUT2D eigenvalue weighted by Crippen LogP contribution is -2.41. The highest BCUT2D eigenvalue weighted by Gasteiger charge is 2.25. The number of carbonyl (C=O) groups is 1. The minimum atomic E-state index is 0.0644. The van der Waals surface area contributed by atoms with Crippen LogP contribution in [0.15, 0.2) is 18.2 Å². The summed E-state index contributed by atoms with van der Waals surface area (Å²) in [5.41, 5.74) is 0.663. The number of carbonyl (C=O) groups excluding carboxylic acids is 1. The molecule has 1 aromatic rings. The summed E-state index contributed by atoms with van der Waals surface area (Å²) in [6.45, 7) is 5.28. The molecule has 0 saturated carbocycles. The van der Waals surface area contributed by atoms with Crippen LogP contribution in [-0.4, -0.2) is 43.9 Å². The summed E-state index contributed by atoms with van der Waals surface area (Å²) in [5.74, 6) is 1.87. The first-order valence-electron chi connectivity index (χ1n) is 7.54. The predicted octanol–water partition coefficient (Wildman–Crippen LogP) is 2.30. The van der Waals surface area contributed by atoms with Crippen LogP contribution in [0.1, 0.15) is 30.1 Å². The number of benzene rings is 1. The van der Waals surface area contributed by atoms with Crippen LogP contribution in [0.4, 0.5) is 0 Å². The van der Waals surface area contributed by atoms with Crippen LogP contribution in [0.25, 0.3) is 0 Å². The molecule has 2 aliphatic heterocycles. The monoisotopic (exact) mass is 291 g/mol. The van der Waals surface area contributed by atoms with Gasteiger partial charge in [0.2, 0.25) is 6.79 Å². The summed E-state index contributed by atoms with van der Waals surface area (Å²) in [4.78, 5) is 14.5. The first-order chi connectivity index (χ1) is 10.3. The molecule has 1 unspecified atom stereocenters. The zero-order valence-corrected chi connectivity index (χ0v) is 12.3. The van der Waals surface area contributed by atoms with Crippen molar-refractivity contribution in [2.75, 3.05) is 33.1 Å². The summed E-state index contributed by atoms with van der Waals surface area (Å²) in [6.07, 6.45) is 2.17. The average molecular weight is 291 g/mol. The molecule has 2 aliphatic rings. The van der Waals surface area contributed by atoms with Crippen molar-refractivity contribution >= 4 is 5.91 Å². The van der Waals surface area contributed by atoms with Crippen molar-refractivity contribution in [3.63, 3.8) is 0 Å². The van der Waals surface area contributed by atoms with Crippen molar-refractivity contribution in [2.24, 2.45) is 5.92 Å². The SMILES string of the molecule is CCOCC1CCCN(C(=O)c2ccc3c(c2)OCO3)C1. The Balaban J connectivity index is 1.67. The fourth-order valence-electron chi connectivity index (χ4n) is 2.88. The Labute approximate surface area is 124 Å². The molecular formula is C16H21NO4. The number of rotatable bonds is 4. The number of hydrogen-bond donors (Lipinski definition) is 0. The lowest BCUT2D eigenvalue weighted by molar-refractivity contribution is 0.0501. The number of piperidine rings is 1. The molecule has 21 heavy (non-hydrogen) atoms. The highest BCUT2D eigenvalue weighted by molar-refractivity contribution is 5.95. The van der Waals surface area contributed by atoms with Crippen LogP contribution >= 0.6 is 0 Å². The molecule has 5 heteroatoms. The maximum Gasteiger partial charge on any atom is 0.254 e. The van der Waals surface area contributed by atoms with E-state index in [2.05, 4.69) is 0 Å². The van der Waals surface area contributed by atoms with E-state index in [-0.39, 0.29) is 12.7 Å². The average Bonchev–Trinajstić information content (AvgIpc) is 3.00. The smallest absolute Gasteiger partial charge is 0.254 e. The highest BCUT2D eigenvalue weighted by Crippen LogP contribution is 2.33. The minimum Gasteiger partial charge on any atom is -0.454 e. The summed E-state index contributed by atoms with van der Waals surface area (Å²) < 4.78 is 16.1. The number of nitrogens with zero attached hydrogens (tertiary/aromatic N) is 1. The van der Waals surface area contributed by atoms with Crippen LogP contribution < -0.4 is 9.47 Å². The fourth-order valence-corrected chi connectivity index (χ4v) is 2.88. The lowest BCUT2D eigenvalue weighted by atomic mass is 9.98. The zero-order chi connectivity index (χ0) is 14.7. The topological polar surface area (TPSA) is 48.0 Å². The Morgan fingerprint density at radius 3 is 3.10 bits per heavy atom. The van der Waals surface area contributed by atoms with E-state index in [1.807, 2.05) is 17.9 Å². The van der Waals surface area contributed by atoms with Gasteiger partial charge in [-0.15, -0.1) is 0 Å². The largest absolute Gasteiger partial charge is 0.454 e. The standard InChI is InChI=1S/C16H21NO4/c1-2-19-10-12-4-3-7-17(9-12)16(18)13-5-6-14-15(8-13)21-11-20-14/h5-6,8,12H,2-4,7,9-11H2,1H3. The molecule has 0 spiro atoms. The fraction of sp³-hybridized carbons (Fsp3) is 0.562. The van der Waals surface area contributed by atoms with Gasteiger partial charge in [-0.25, -0.2) is 0 Å². The van der Waals surface area contributed by atoms with Crippen molar-refractivity contribution in [1.82, 2.24) is 4.90 Å². The molecule has 0 aromatic heterocycles. The van der Waals surface area contributed by atoms with Crippen molar-refractivity contribution in [3.05, 3.63) is 23.8 Å². The van der Waals surface area contributed by atoms with Crippen molar-refractivity contribution in [3.8, 4) is 11.5 Å². The van der Waals surface area contributed by atoms with E-state index in [4.69, 9.17) is 14.2 Å². The van der Waals surface area contributed by atoms with Gasteiger partial charge in [-0.1, -0.05) is 0 Å². The third kappa shape index (κ3) is 3.13. The third-order valence-electron chi connectivity index (χ3n) is 3.98. The molecule has 1 aromatic carbocycles. The minimum absolute atomic E-state index is 0.0644. The van der Waals surface area contributed by atoms with Crippen LogP contribution in [0.2, 0.25) is 0 Å². The molecule has 0 bridgehead atoms. The van der Waals surface area contributed by atoms with Crippen LogP contribution in [0.5, 0.6) is 11.5 Å². The number of amides is 1. The number of likely N-dealkylation sites (tertiary alicyclic amines) is 1. The first-order valence-corrected chi connectivity index (χ1v) is 7.54. The second-order valence-electron chi connectivity index (χ2n) is 5.49. The molecule has 114 valence electrons. The van der Waals surface area contributed by atoms with Gasteiger partial charge in [-0.2, -0.15) is 0 Å². The van der Waals surface area contributed by atoms with E-state index in [0.29, 0.717) is 23.0 Å². The van der Waals surface area contributed by atoms with Gasteiger partial charge in [0.25, 0.3) is 5.91 Å². The Bertz CT molecular complexity index is 517. The number of fused-ring (bicyclic) bond motifs is 1. The zero-order valence-electron chi connectivity index (χ0n) is 12.3. The molecule has 0 aliphatic carbocycles. The molecule has 2 heterocycles.